The zero-order chi connectivity index (χ0) is 20.7. The Hall–Kier alpha value is -1.98. The van der Waals surface area contributed by atoms with Crippen molar-refractivity contribution in [3.63, 3.8) is 0 Å². The van der Waals surface area contributed by atoms with Crippen LogP contribution in [0.2, 0.25) is 0 Å². The lowest BCUT2D eigenvalue weighted by Crippen LogP contribution is -2.54. The molecule has 5 atom stereocenters. The van der Waals surface area contributed by atoms with Crippen molar-refractivity contribution in [1.29, 1.82) is 0 Å². The molecular weight excluding hydrogens is 379 g/mol. The SMILES string of the molecule is CC[C@@H]1OC2(CCCC3=Cc4c(cnn4-c4ccc(F)cc4)CC32C)O[C@@]12CC2C. The second-order valence-corrected chi connectivity index (χ2v) is 9.91. The second kappa shape index (κ2) is 6.04. The van der Waals surface area contributed by atoms with Crippen LogP contribution >= 0.6 is 0 Å². The van der Waals surface area contributed by atoms with Gasteiger partial charge < -0.3 is 9.47 Å². The van der Waals surface area contributed by atoms with Gasteiger partial charge >= 0.3 is 0 Å². The molecule has 4 aliphatic rings. The number of aromatic nitrogens is 2. The minimum absolute atomic E-state index is 0.0845. The summed E-state index contributed by atoms with van der Waals surface area (Å²) in [6.45, 7) is 6.83. The number of hydrogen-bond acceptors (Lipinski definition) is 3. The molecule has 4 nitrogen and oxygen atoms in total. The molecule has 0 N–H and O–H groups in total. The van der Waals surface area contributed by atoms with Crippen LogP contribution in [0.3, 0.4) is 0 Å². The molecule has 1 aliphatic heterocycles. The van der Waals surface area contributed by atoms with Gasteiger partial charge in [0.1, 0.15) is 11.4 Å². The second-order valence-electron chi connectivity index (χ2n) is 9.91. The fourth-order valence-corrected chi connectivity index (χ4v) is 6.32. The summed E-state index contributed by atoms with van der Waals surface area (Å²) < 4.78 is 29.1. The van der Waals surface area contributed by atoms with Gasteiger partial charge in [-0.3, -0.25) is 0 Å². The maximum atomic E-state index is 13.4. The first-order valence-electron chi connectivity index (χ1n) is 11.3. The van der Waals surface area contributed by atoms with E-state index in [0.717, 1.165) is 49.9 Å². The van der Waals surface area contributed by atoms with Gasteiger partial charge in [-0.2, -0.15) is 5.10 Å². The van der Waals surface area contributed by atoms with Crippen LogP contribution < -0.4 is 0 Å². The minimum atomic E-state index is -0.543. The zero-order valence-corrected chi connectivity index (χ0v) is 18.0. The molecule has 2 spiro atoms. The summed E-state index contributed by atoms with van der Waals surface area (Å²) in [6, 6.07) is 6.54. The quantitative estimate of drug-likeness (QED) is 0.664. The third-order valence-corrected chi connectivity index (χ3v) is 8.22. The Morgan fingerprint density at radius 1 is 1.27 bits per heavy atom. The molecule has 5 heteroatoms. The molecule has 0 radical (unpaired) electrons. The predicted molar refractivity (Wildman–Crippen MR) is 113 cm³/mol. The van der Waals surface area contributed by atoms with Gasteiger partial charge in [-0.1, -0.05) is 26.3 Å². The van der Waals surface area contributed by atoms with Crippen LogP contribution in [0.1, 0.15) is 64.1 Å². The Labute approximate surface area is 177 Å². The van der Waals surface area contributed by atoms with Gasteiger partial charge in [0.15, 0.2) is 5.79 Å². The Bertz CT molecular complexity index is 1040. The molecule has 2 heterocycles. The molecule has 30 heavy (non-hydrogen) atoms. The molecular formula is C25H29FN2O2. The van der Waals surface area contributed by atoms with E-state index in [2.05, 4.69) is 31.9 Å². The number of hydrogen-bond donors (Lipinski definition) is 0. The van der Waals surface area contributed by atoms with Crippen LogP contribution in [-0.2, 0) is 15.9 Å². The average Bonchev–Trinajstić information content (AvgIpc) is 3.06. The van der Waals surface area contributed by atoms with Gasteiger partial charge in [0.25, 0.3) is 0 Å². The summed E-state index contributed by atoms with van der Waals surface area (Å²) in [4.78, 5) is 0. The van der Waals surface area contributed by atoms with Crippen molar-refractivity contribution in [3.05, 3.63) is 53.1 Å². The highest BCUT2D eigenvalue weighted by Gasteiger charge is 2.72. The van der Waals surface area contributed by atoms with Gasteiger partial charge in [-0.15, -0.1) is 0 Å². The molecule has 0 bridgehead atoms. The van der Waals surface area contributed by atoms with Crippen LogP contribution in [-0.4, -0.2) is 27.3 Å². The van der Waals surface area contributed by atoms with Crippen molar-refractivity contribution in [1.82, 2.24) is 9.78 Å². The lowest BCUT2D eigenvalue weighted by molar-refractivity contribution is -0.251. The van der Waals surface area contributed by atoms with E-state index in [1.165, 1.54) is 23.3 Å². The van der Waals surface area contributed by atoms with Crippen LogP contribution in [0.15, 0.2) is 36.0 Å². The summed E-state index contributed by atoms with van der Waals surface area (Å²) >= 11 is 0. The molecule has 3 unspecified atom stereocenters. The first-order valence-corrected chi connectivity index (χ1v) is 11.3. The lowest BCUT2D eigenvalue weighted by atomic mass is 9.62. The normalized spacial score (nSPS) is 39.1. The van der Waals surface area contributed by atoms with Crippen molar-refractivity contribution in [2.75, 3.05) is 0 Å². The smallest absolute Gasteiger partial charge is 0.178 e. The van der Waals surface area contributed by atoms with E-state index < -0.39 is 5.79 Å². The van der Waals surface area contributed by atoms with Gasteiger partial charge in [-0.05, 0) is 73.9 Å². The molecule has 0 amide bonds. The van der Waals surface area contributed by atoms with Crippen molar-refractivity contribution in [2.24, 2.45) is 11.3 Å². The molecule has 3 fully saturated rings. The van der Waals surface area contributed by atoms with Crippen LogP contribution in [0.4, 0.5) is 4.39 Å². The first-order chi connectivity index (χ1) is 14.4. The van der Waals surface area contributed by atoms with E-state index in [1.807, 2.05) is 10.9 Å². The summed E-state index contributed by atoms with van der Waals surface area (Å²) in [5.41, 5.74) is 4.31. The molecule has 1 aromatic carbocycles. The number of rotatable bonds is 2. The molecule has 158 valence electrons. The highest BCUT2D eigenvalue weighted by Crippen LogP contribution is 2.66. The number of fused-ring (bicyclic) bond motifs is 3. The maximum Gasteiger partial charge on any atom is 0.178 e. The predicted octanol–water partition coefficient (Wildman–Crippen LogP) is 5.44. The molecule has 3 aliphatic carbocycles. The van der Waals surface area contributed by atoms with Crippen molar-refractivity contribution in [3.8, 4) is 5.69 Å². The van der Waals surface area contributed by atoms with E-state index >= 15 is 0 Å². The maximum absolute atomic E-state index is 13.4. The fourth-order valence-electron chi connectivity index (χ4n) is 6.32. The lowest BCUT2D eigenvalue weighted by Gasteiger charge is -2.51. The summed E-state index contributed by atoms with van der Waals surface area (Å²) in [5, 5.41) is 4.65. The molecule has 2 saturated carbocycles. The minimum Gasteiger partial charge on any atom is -0.343 e. The van der Waals surface area contributed by atoms with Crippen molar-refractivity contribution < 1.29 is 13.9 Å². The highest BCUT2D eigenvalue weighted by molar-refractivity contribution is 5.62. The third-order valence-electron chi connectivity index (χ3n) is 8.22. The van der Waals surface area contributed by atoms with Gasteiger partial charge in [-0.25, -0.2) is 9.07 Å². The summed E-state index contributed by atoms with van der Waals surface area (Å²) in [7, 11) is 0. The van der Waals surface area contributed by atoms with E-state index in [0.29, 0.717) is 5.92 Å². The highest BCUT2D eigenvalue weighted by atomic mass is 19.1. The monoisotopic (exact) mass is 408 g/mol. The van der Waals surface area contributed by atoms with E-state index in [1.54, 1.807) is 12.1 Å². The number of halogens is 1. The molecule has 1 aromatic heterocycles. The van der Waals surface area contributed by atoms with Gasteiger partial charge in [0.05, 0.1) is 23.7 Å². The standard InChI is InChI=1S/C25H29FN2O2/c1-4-22-24(13-16(24)2)30-25(29-22)11-5-6-18-12-21-17(14-23(18,25)3)15-27-28(21)20-9-7-19(26)8-10-20/h7-10,12,15-16,22H,4-6,11,13-14H2,1-3H3/t16?,22-,23?,24+,25?/m0/s1. The van der Waals surface area contributed by atoms with Gasteiger partial charge in [0, 0.05) is 11.8 Å². The first kappa shape index (κ1) is 18.8. The topological polar surface area (TPSA) is 36.3 Å². The average molecular weight is 409 g/mol. The summed E-state index contributed by atoms with van der Waals surface area (Å²) in [6.07, 6.45) is 10.5. The molecule has 6 rings (SSSR count). The van der Waals surface area contributed by atoms with Crippen molar-refractivity contribution in [2.45, 2.75) is 76.8 Å². The Kier molecular flexibility index (Phi) is 3.78. The fraction of sp³-hybridized carbons (Fsp3) is 0.560. The van der Waals surface area contributed by atoms with Gasteiger partial charge in [0.2, 0.25) is 0 Å². The Morgan fingerprint density at radius 3 is 2.70 bits per heavy atom. The number of nitrogens with zero attached hydrogens (tertiary/aromatic N) is 2. The largest absolute Gasteiger partial charge is 0.343 e. The Balaban J connectivity index is 1.41. The Morgan fingerprint density at radius 2 is 2.03 bits per heavy atom. The molecule has 1 saturated heterocycles. The zero-order valence-electron chi connectivity index (χ0n) is 18.0. The number of ether oxygens (including phenoxy) is 2. The van der Waals surface area contributed by atoms with Crippen LogP contribution in [0, 0.1) is 17.2 Å². The van der Waals surface area contributed by atoms with E-state index in [4.69, 9.17) is 9.47 Å². The van der Waals surface area contributed by atoms with Crippen LogP contribution in [0.5, 0.6) is 0 Å². The van der Waals surface area contributed by atoms with Crippen LogP contribution in [0.25, 0.3) is 11.8 Å². The summed E-state index contributed by atoms with van der Waals surface area (Å²) in [5.74, 6) is -0.206. The van der Waals surface area contributed by atoms with E-state index in [9.17, 15) is 4.39 Å². The third kappa shape index (κ3) is 2.31. The molecule has 2 aromatic rings. The number of benzene rings is 1. The van der Waals surface area contributed by atoms with E-state index in [-0.39, 0.29) is 22.9 Å². The van der Waals surface area contributed by atoms with Crippen molar-refractivity contribution >= 4 is 6.08 Å².